The Bertz CT molecular complexity index is 764. The molecule has 2 heterocycles. The van der Waals surface area contributed by atoms with Gasteiger partial charge in [-0.1, -0.05) is 54.6 Å². The van der Waals surface area contributed by atoms with Crippen LogP contribution in [0.2, 0.25) is 0 Å². The molecule has 1 unspecified atom stereocenters. The number of hydrogen-bond acceptors (Lipinski definition) is 3. The first-order chi connectivity index (χ1) is 12.1. The summed E-state index contributed by atoms with van der Waals surface area (Å²) in [6.07, 6.45) is 4.61. The van der Waals surface area contributed by atoms with Gasteiger partial charge in [0, 0.05) is 12.1 Å². The van der Waals surface area contributed by atoms with Crippen LogP contribution in [0.15, 0.2) is 54.6 Å². The minimum Gasteiger partial charge on any atom is -0.479 e. The zero-order valence-electron chi connectivity index (χ0n) is 14.1. The Morgan fingerprint density at radius 2 is 1.60 bits per heavy atom. The minimum atomic E-state index is -2.02. The molecule has 4 heteroatoms. The van der Waals surface area contributed by atoms with Gasteiger partial charge in [-0.05, 0) is 48.3 Å². The van der Waals surface area contributed by atoms with Crippen molar-refractivity contribution in [2.75, 3.05) is 0 Å². The highest BCUT2D eigenvalue weighted by molar-refractivity contribution is 5.83. The minimum absolute atomic E-state index is 0.380. The smallest absolute Gasteiger partial charge is 0.345 e. The lowest BCUT2D eigenvalue weighted by Crippen LogP contribution is -2.38. The van der Waals surface area contributed by atoms with E-state index in [4.69, 9.17) is 0 Å². The molecule has 130 valence electrons. The molecule has 4 nitrogen and oxygen atoms in total. The first-order valence-corrected chi connectivity index (χ1v) is 8.95. The molecule has 2 aliphatic heterocycles. The summed E-state index contributed by atoms with van der Waals surface area (Å²) in [5.74, 6) is -0.825. The highest BCUT2D eigenvalue weighted by Gasteiger charge is 2.41. The van der Waals surface area contributed by atoms with Crippen LogP contribution in [0.5, 0.6) is 0 Å². The van der Waals surface area contributed by atoms with Crippen LogP contribution in [0.3, 0.4) is 0 Å². The number of aliphatic carboxylic acids is 1. The zero-order valence-corrected chi connectivity index (χ0v) is 14.1. The number of benzene rings is 2. The van der Waals surface area contributed by atoms with Crippen molar-refractivity contribution in [1.82, 2.24) is 5.32 Å². The van der Waals surface area contributed by atoms with E-state index in [-0.39, 0.29) is 0 Å². The van der Waals surface area contributed by atoms with Crippen LogP contribution in [0.4, 0.5) is 0 Å². The number of aliphatic hydroxyl groups is 1. The van der Waals surface area contributed by atoms with E-state index in [0.29, 0.717) is 29.1 Å². The van der Waals surface area contributed by atoms with Crippen molar-refractivity contribution < 1.29 is 15.0 Å². The molecule has 2 bridgehead atoms. The highest BCUT2D eigenvalue weighted by atomic mass is 16.4. The van der Waals surface area contributed by atoms with Gasteiger partial charge in [0.15, 0.2) is 0 Å². The average molecular weight is 337 g/mol. The van der Waals surface area contributed by atoms with Gasteiger partial charge in [0.2, 0.25) is 5.60 Å². The maximum absolute atomic E-state index is 12.0. The van der Waals surface area contributed by atoms with E-state index >= 15 is 0 Å². The van der Waals surface area contributed by atoms with E-state index in [1.165, 1.54) is 12.8 Å². The quantitative estimate of drug-likeness (QED) is 0.802. The average Bonchev–Trinajstić information content (AvgIpc) is 2.99. The predicted octanol–water partition coefficient (Wildman–Crippen LogP) is 3.01. The Labute approximate surface area is 147 Å². The largest absolute Gasteiger partial charge is 0.479 e. The number of carboxylic acid groups (broad SMARTS) is 1. The third kappa shape index (κ3) is 2.86. The normalized spacial score (nSPS) is 27.6. The lowest BCUT2D eigenvalue weighted by molar-refractivity contribution is -0.155. The monoisotopic (exact) mass is 337 g/mol. The third-order valence-electron chi connectivity index (χ3n) is 5.75. The molecule has 4 atom stereocenters. The second-order valence-corrected chi connectivity index (χ2v) is 7.31. The Kier molecular flexibility index (Phi) is 4.10. The van der Waals surface area contributed by atoms with Crippen molar-refractivity contribution in [3.8, 4) is 0 Å². The predicted molar refractivity (Wildman–Crippen MR) is 95.4 cm³/mol. The van der Waals surface area contributed by atoms with Crippen LogP contribution >= 0.6 is 0 Å². The molecule has 0 saturated carbocycles. The summed E-state index contributed by atoms with van der Waals surface area (Å²) < 4.78 is 0. The lowest BCUT2D eigenvalue weighted by atomic mass is 9.81. The Morgan fingerprint density at radius 1 is 0.960 bits per heavy atom. The van der Waals surface area contributed by atoms with Crippen LogP contribution in [0, 0.1) is 0 Å². The van der Waals surface area contributed by atoms with E-state index in [9.17, 15) is 15.0 Å². The molecule has 4 rings (SSSR count). The SMILES string of the molecule is O=C(O)[C@](O)(c1ccccc1)c1cccc(C2C[C@H]3CC[C@@H](C2)N3)c1. The van der Waals surface area contributed by atoms with Crippen LogP contribution < -0.4 is 5.32 Å². The summed E-state index contributed by atoms with van der Waals surface area (Å²) in [4.78, 5) is 12.0. The van der Waals surface area contributed by atoms with Gasteiger partial charge < -0.3 is 15.5 Å². The van der Waals surface area contributed by atoms with Crippen molar-refractivity contribution in [2.24, 2.45) is 0 Å². The topological polar surface area (TPSA) is 69.6 Å². The van der Waals surface area contributed by atoms with E-state index in [2.05, 4.69) is 11.4 Å². The molecule has 0 spiro atoms. The fourth-order valence-corrected chi connectivity index (χ4v) is 4.44. The first kappa shape index (κ1) is 16.3. The van der Waals surface area contributed by atoms with Gasteiger partial charge in [-0.3, -0.25) is 0 Å². The van der Waals surface area contributed by atoms with Crippen molar-refractivity contribution in [1.29, 1.82) is 0 Å². The van der Waals surface area contributed by atoms with Crippen LogP contribution in [-0.2, 0) is 10.4 Å². The van der Waals surface area contributed by atoms with Crippen molar-refractivity contribution in [3.63, 3.8) is 0 Å². The summed E-state index contributed by atoms with van der Waals surface area (Å²) in [5, 5.41) is 24.5. The number of nitrogens with one attached hydrogen (secondary N) is 1. The van der Waals surface area contributed by atoms with Gasteiger partial charge in [-0.15, -0.1) is 0 Å². The molecule has 3 N–H and O–H groups in total. The fourth-order valence-electron chi connectivity index (χ4n) is 4.44. The van der Waals surface area contributed by atoms with Gasteiger partial charge >= 0.3 is 5.97 Å². The number of carbonyl (C=O) groups is 1. The van der Waals surface area contributed by atoms with E-state index < -0.39 is 11.6 Å². The van der Waals surface area contributed by atoms with Gasteiger partial charge in [0.25, 0.3) is 0 Å². The number of carboxylic acids is 1. The summed E-state index contributed by atoms with van der Waals surface area (Å²) in [5.41, 5.74) is -0.0884. The van der Waals surface area contributed by atoms with Crippen LogP contribution in [-0.4, -0.2) is 28.3 Å². The van der Waals surface area contributed by atoms with Gasteiger partial charge in [0.1, 0.15) is 0 Å². The van der Waals surface area contributed by atoms with E-state index in [1.54, 1.807) is 30.3 Å². The molecular formula is C21H23NO3. The number of piperidine rings is 1. The maximum Gasteiger partial charge on any atom is 0.345 e. The molecule has 25 heavy (non-hydrogen) atoms. The molecule has 0 aliphatic carbocycles. The van der Waals surface area contributed by atoms with Crippen LogP contribution in [0.25, 0.3) is 0 Å². The number of hydrogen-bond donors (Lipinski definition) is 3. The molecule has 0 amide bonds. The first-order valence-electron chi connectivity index (χ1n) is 8.95. The van der Waals surface area contributed by atoms with Crippen molar-refractivity contribution >= 4 is 5.97 Å². The Balaban J connectivity index is 1.71. The molecular weight excluding hydrogens is 314 g/mol. The molecule has 2 aliphatic rings. The number of rotatable bonds is 4. The van der Waals surface area contributed by atoms with Crippen molar-refractivity contribution in [2.45, 2.75) is 49.3 Å². The second kappa shape index (κ2) is 6.28. The molecule has 2 fully saturated rings. The molecule has 2 aromatic carbocycles. The number of fused-ring (bicyclic) bond motifs is 2. The summed E-state index contributed by atoms with van der Waals surface area (Å²) in [6.45, 7) is 0. The Hall–Kier alpha value is -2.17. The van der Waals surface area contributed by atoms with Gasteiger partial charge in [-0.2, -0.15) is 0 Å². The maximum atomic E-state index is 12.0. The van der Waals surface area contributed by atoms with Gasteiger partial charge in [0.05, 0.1) is 0 Å². The van der Waals surface area contributed by atoms with Crippen molar-refractivity contribution in [3.05, 3.63) is 71.3 Å². The Morgan fingerprint density at radius 3 is 2.24 bits per heavy atom. The lowest BCUT2D eigenvalue weighted by Gasteiger charge is -2.31. The van der Waals surface area contributed by atoms with Crippen LogP contribution in [0.1, 0.15) is 48.3 Å². The summed E-state index contributed by atoms with van der Waals surface area (Å²) in [6, 6.07) is 17.3. The second-order valence-electron chi connectivity index (χ2n) is 7.31. The van der Waals surface area contributed by atoms with Gasteiger partial charge in [-0.25, -0.2) is 4.79 Å². The summed E-state index contributed by atoms with van der Waals surface area (Å²) in [7, 11) is 0. The van der Waals surface area contributed by atoms with E-state index in [0.717, 1.165) is 18.4 Å². The molecule has 2 saturated heterocycles. The standard InChI is InChI=1S/C21H23NO3/c23-20(24)21(25,16-6-2-1-3-7-16)17-8-4-5-14(11-17)15-12-18-9-10-19(13-15)22-18/h1-8,11,15,18-19,22,25H,9-10,12-13H2,(H,23,24)/t15?,18-,19+,21-/m0/s1. The molecule has 2 aromatic rings. The zero-order chi connectivity index (χ0) is 17.4. The highest BCUT2D eigenvalue weighted by Crippen LogP contribution is 2.39. The summed E-state index contributed by atoms with van der Waals surface area (Å²) >= 11 is 0. The fraction of sp³-hybridized carbons (Fsp3) is 0.381. The molecule has 0 aromatic heterocycles. The molecule has 0 radical (unpaired) electrons. The van der Waals surface area contributed by atoms with E-state index in [1.807, 2.05) is 18.2 Å². The third-order valence-corrected chi connectivity index (χ3v) is 5.75.